The van der Waals surface area contributed by atoms with Gasteiger partial charge >= 0.3 is 0 Å². The third kappa shape index (κ3) is 0.569. The van der Waals surface area contributed by atoms with E-state index < -0.39 is 0 Å². The maximum atomic E-state index is 5.37. The first-order valence-corrected chi connectivity index (χ1v) is 4.52. The lowest BCUT2D eigenvalue weighted by atomic mass is 9.76. The Morgan fingerprint density at radius 1 is 1.45 bits per heavy atom. The minimum Gasteiger partial charge on any atom is -0.392 e. The van der Waals surface area contributed by atoms with Crippen LogP contribution in [0.5, 0.6) is 0 Å². The minimum absolute atomic E-state index is 0.498. The van der Waals surface area contributed by atoms with Crippen molar-refractivity contribution < 1.29 is 4.84 Å². The molecule has 2 nitrogen and oxygen atoms in total. The zero-order valence-corrected chi connectivity index (χ0v) is 6.95. The van der Waals surface area contributed by atoms with Gasteiger partial charge in [-0.3, -0.25) is 0 Å². The van der Waals surface area contributed by atoms with Gasteiger partial charge in [-0.2, -0.15) is 0 Å². The first kappa shape index (κ1) is 6.04. The molecule has 2 aliphatic carbocycles. The standard InChI is InChI=1S/C9H13NO/c1-4(2)8-7-5-3-6(5)9(7)11-10-8/h4-7,9H,3H2,1-2H3. The summed E-state index contributed by atoms with van der Waals surface area (Å²) in [4.78, 5) is 5.37. The van der Waals surface area contributed by atoms with Gasteiger partial charge in [0.2, 0.25) is 0 Å². The maximum absolute atomic E-state index is 5.37. The lowest BCUT2D eigenvalue weighted by Crippen LogP contribution is -2.38. The Bertz CT molecular complexity index is 234. The zero-order valence-electron chi connectivity index (χ0n) is 6.95. The van der Waals surface area contributed by atoms with Crippen LogP contribution in [0.1, 0.15) is 20.3 Å². The van der Waals surface area contributed by atoms with Gasteiger partial charge in [-0.15, -0.1) is 0 Å². The van der Waals surface area contributed by atoms with Crippen molar-refractivity contribution in [2.45, 2.75) is 26.4 Å². The molecule has 2 heteroatoms. The highest BCUT2D eigenvalue weighted by Gasteiger charge is 2.67. The van der Waals surface area contributed by atoms with Gasteiger partial charge in [-0.1, -0.05) is 19.0 Å². The van der Waals surface area contributed by atoms with Crippen LogP contribution in [0, 0.1) is 23.7 Å². The summed E-state index contributed by atoms with van der Waals surface area (Å²) >= 11 is 0. The van der Waals surface area contributed by atoms with Crippen LogP contribution in [0.4, 0.5) is 0 Å². The van der Waals surface area contributed by atoms with Gasteiger partial charge < -0.3 is 4.84 Å². The van der Waals surface area contributed by atoms with E-state index in [0.29, 0.717) is 12.0 Å². The van der Waals surface area contributed by atoms with Crippen molar-refractivity contribution in [2.24, 2.45) is 28.8 Å². The Morgan fingerprint density at radius 3 is 3.00 bits per heavy atom. The molecule has 0 bridgehead atoms. The van der Waals surface area contributed by atoms with Gasteiger partial charge in [-0.05, 0) is 18.3 Å². The molecule has 3 rings (SSSR count). The summed E-state index contributed by atoms with van der Waals surface area (Å²) in [7, 11) is 0. The predicted octanol–water partition coefficient (Wildman–Crippen LogP) is 1.66. The second-order valence-corrected chi connectivity index (χ2v) is 4.33. The summed E-state index contributed by atoms with van der Waals surface area (Å²) in [5, 5.41) is 4.16. The van der Waals surface area contributed by atoms with Crippen LogP contribution in [0.15, 0.2) is 5.16 Å². The second kappa shape index (κ2) is 1.62. The number of fused-ring (bicyclic) bond motifs is 4. The molecule has 1 aliphatic heterocycles. The summed E-state index contributed by atoms with van der Waals surface area (Å²) in [6.45, 7) is 4.42. The SMILES string of the molecule is CC(C)C1=NOC2C3CC3C12. The molecule has 11 heavy (non-hydrogen) atoms. The molecule has 3 aliphatic rings. The molecule has 0 saturated heterocycles. The van der Waals surface area contributed by atoms with E-state index in [1.165, 1.54) is 12.1 Å². The molecule has 0 aromatic carbocycles. The Hall–Kier alpha value is -0.530. The van der Waals surface area contributed by atoms with Crippen LogP contribution in [0.25, 0.3) is 0 Å². The minimum atomic E-state index is 0.498. The van der Waals surface area contributed by atoms with Gasteiger partial charge in [0, 0.05) is 11.8 Å². The first-order valence-electron chi connectivity index (χ1n) is 4.52. The molecule has 1 heterocycles. The van der Waals surface area contributed by atoms with E-state index in [1.54, 1.807) is 0 Å². The Labute approximate surface area is 66.6 Å². The smallest absolute Gasteiger partial charge is 0.139 e. The van der Waals surface area contributed by atoms with E-state index in [9.17, 15) is 0 Å². The van der Waals surface area contributed by atoms with Crippen molar-refractivity contribution in [1.82, 2.24) is 0 Å². The molecule has 4 atom stereocenters. The zero-order chi connectivity index (χ0) is 7.59. The summed E-state index contributed by atoms with van der Waals surface area (Å²) in [6, 6.07) is 0. The van der Waals surface area contributed by atoms with Crippen molar-refractivity contribution >= 4 is 5.71 Å². The van der Waals surface area contributed by atoms with Crippen LogP contribution in [-0.2, 0) is 4.84 Å². The van der Waals surface area contributed by atoms with Crippen LogP contribution < -0.4 is 0 Å². The van der Waals surface area contributed by atoms with Crippen LogP contribution in [0.2, 0.25) is 0 Å². The van der Waals surface area contributed by atoms with Gasteiger partial charge in [0.25, 0.3) is 0 Å². The average molecular weight is 151 g/mol. The van der Waals surface area contributed by atoms with Crippen LogP contribution >= 0.6 is 0 Å². The third-order valence-corrected chi connectivity index (χ3v) is 3.34. The maximum Gasteiger partial charge on any atom is 0.139 e. The van der Waals surface area contributed by atoms with Crippen LogP contribution in [-0.4, -0.2) is 11.8 Å². The van der Waals surface area contributed by atoms with Crippen molar-refractivity contribution in [3.63, 3.8) is 0 Å². The Balaban J connectivity index is 1.86. The quantitative estimate of drug-likeness (QED) is 0.558. The molecule has 2 fully saturated rings. The molecule has 0 aromatic rings. The summed E-state index contributed by atoms with van der Waals surface area (Å²) in [5.74, 6) is 3.16. The van der Waals surface area contributed by atoms with E-state index >= 15 is 0 Å². The van der Waals surface area contributed by atoms with Gasteiger partial charge in [0.15, 0.2) is 0 Å². The molecule has 0 aromatic heterocycles. The molecular weight excluding hydrogens is 138 g/mol. The summed E-state index contributed by atoms with van der Waals surface area (Å²) in [6.07, 6.45) is 1.90. The average Bonchev–Trinajstić information content (AvgIpc) is 2.51. The normalized spacial score (nSPS) is 50.6. The van der Waals surface area contributed by atoms with Crippen molar-refractivity contribution in [3.8, 4) is 0 Å². The summed E-state index contributed by atoms with van der Waals surface area (Å²) < 4.78 is 0. The highest BCUT2D eigenvalue weighted by molar-refractivity contribution is 5.91. The molecular formula is C9H13NO. The fourth-order valence-corrected chi connectivity index (χ4v) is 2.60. The lowest BCUT2D eigenvalue weighted by molar-refractivity contribution is -0.00163. The van der Waals surface area contributed by atoms with Crippen LogP contribution in [0.3, 0.4) is 0 Å². The summed E-state index contributed by atoms with van der Waals surface area (Å²) in [5.41, 5.74) is 1.33. The molecule has 2 saturated carbocycles. The monoisotopic (exact) mass is 151 g/mol. The molecule has 0 amide bonds. The van der Waals surface area contributed by atoms with E-state index in [-0.39, 0.29) is 0 Å². The van der Waals surface area contributed by atoms with E-state index in [1.807, 2.05) is 0 Å². The Kier molecular flexibility index (Phi) is 0.890. The lowest BCUT2D eigenvalue weighted by Gasteiger charge is -2.28. The van der Waals surface area contributed by atoms with E-state index in [0.717, 1.165) is 17.8 Å². The molecule has 4 unspecified atom stereocenters. The van der Waals surface area contributed by atoms with Crippen molar-refractivity contribution in [1.29, 1.82) is 0 Å². The topological polar surface area (TPSA) is 21.6 Å². The van der Waals surface area contributed by atoms with Crippen molar-refractivity contribution in [2.75, 3.05) is 0 Å². The molecule has 60 valence electrons. The van der Waals surface area contributed by atoms with Gasteiger partial charge in [0.05, 0.1) is 5.71 Å². The fourth-order valence-electron chi connectivity index (χ4n) is 2.60. The molecule has 0 spiro atoms. The van der Waals surface area contributed by atoms with E-state index in [2.05, 4.69) is 19.0 Å². The third-order valence-electron chi connectivity index (χ3n) is 3.34. The second-order valence-electron chi connectivity index (χ2n) is 4.33. The molecule has 0 radical (unpaired) electrons. The number of oxime groups is 1. The number of nitrogens with zero attached hydrogens (tertiary/aromatic N) is 1. The largest absolute Gasteiger partial charge is 0.392 e. The predicted molar refractivity (Wildman–Crippen MR) is 42.2 cm³/mol. The van der Waals surface area contributed by atoms with Gasteiger partial charge in [0.1, 0.15) is 6.10 Å². The highest BCUT2D eigenvalue weighted by atomic mass is 16.6. The molecule has 0 N–H and O–H groups in total. The van der Waals surface area contributed by atoms with Gasteiger partial charge in [-0.25, -0.2) is 0 Å². The van der Waals surface area contributed by atoms with Crippen molar-refractivity contribution in [3.05, 3.63) is 0 Å². The fraction of sp³-hybridized carbons (Fsp3) is 0.889. The Morgan fingerprint density at radius 2 is 2.27 bits per heavy atom. The number of hydrogen-bond acceptors (Lipinski definition) is 2. The number of hydrogen-bond donors (Lipinski definition) is 0. The van der Waals surface area contributed by atoms with E-state index in [4.69, 9.17) is 4.84 Å². The highest BCUT2D eigenvalue weighted by Crippen LogP contribution is 2.63. The first-order chi connectivity index (χ1) is 5.29. The number of rotatable bonds is 1.